The Hall–Kier alpha value is -1.13. The molecule has 1 saturated carbocycles. The molecule has 0 amide bonds. The van der Waals surface area contributed by atoms with Crippen LogP contribution in [0.15, 0.2) is 18.2 Å². The molecular formula is C16H28N4. The van der Waals surface area contributed by atoms with Gasteiger partial charge in [0.05, 0.1) is 5.69 Å². The molecule has 1 aromatic rings. The second-order valence-electron chi connectivity index (χ2n) is 6.04. The molecule has 4 heteroatoms. The van der Waals surface area contributed by atoms with Crippen LogP contribution in [0.3, 0.4) is 0 Å². The van der Waals surface area contributed by atoms with E-state index < -0.39 is 0 Å². The SMILES string of the molecule is CCN(c1cccc(CNC2CC2)n1)C(C)CN(C)C. The van der Waals surface area contributed by atoms with Gasteiger partial charge in [0, 0.05) is 31.7 Å². The molecule has 1 unspecified atom stereocenters. The average Bonchev–Trinajstić information content (AvgIpc) is 3.21. The lowest BCUT2D eigenvalue weighted by Gasteiger charge is -2.31. The van der Waals surface area contributed by atoms with Crippen molar-refractivity contribution in [1.29, 1.82) is 0 Å². The standard InChI is InChI=1S/C16H28N4/c1-5-20(13(2)12-19(3)4)16-8-6-7-15(18-16)11-17-14-9-10-14/h6-8,13-14,17H,5,9-12H2,1-4H3. The van der Waals surface area contributed by atoms with Gasteiger partial charge in [0.1, 0.15) is 5.82 Å². The fourth-order valence-corrected chi connectivity index (χ4v) is 2.59. The lowest BCUT2D eigenvalue weighted by atomic mass is 10.2. The van der Waals surface area contributed by atoms with Gasteiger partial charge in [-0.25, -0.2) is 4.98 Å². The lowest BCUT2D eigenvalue weighted by Crippen LogP contribution is -2.40. The topological polar surface area (TPSA) is 31.4 Å². The molecule has 0 saturated heterocycles. The summed E-state index contributed by atoms with van der Waals surface area (Å²) < 4.78 is 0. The summed E-state index contributed by atoms with van der Waals surface area (Å²) in [4.78, 5) is 9.42. The molecule has 0 spiro atoms. The van der Waals surface area contributed by atoms with Gasteiger partial charge in [-0.05, 0) is 52.9 Å². The van der Waals surface area contributed by atoms with Crippen molar-refractivity contribution in [3.05, 3.63) is 23.9 Å². The smallest absolute Gasteiger partial charge is 0.129 e. The Bertz CT molecular complexity index is 415. The van der Waals surface area contributed by atoms with Crippen molar-refractivity contribution < 1.29 is 0 Å². The minimum atomic E-state index is 0.467. The maximum absolute atomic E-state index is 4.82. The van der Waals surface area contributed by atoms with Gasteiger partial charge >= 0.3 is 0 Å². The fourth-order valence-electron chi connectivity index (χ4n) is 2.59. The van der Waals surface area contributed by atoms with Crippen LogP contribution in [0.5, 0.6) is 0 Å². The van der Waals surface area contributed by atoms with E-state index in [9.17, 15) is 0 Å². The van der Waals surface area contributed by atoms with Crippen LogP contribution in [0.1, 0.15) is 32.4 Å². The van der Waals surface area contributed by atoms with Crippen molar-refractivity contribution in [3.8, 4) is 0 Å². The zero-order valence-electron chi connectivity index (χ0n) is 13.3. The summed E-state index contributed by atoms with van der Waals surface area (Å²) in [5, 5.41) is 3.53. The Balaban J connectivity index is 2.01. The van der Waals surface area contributed by atoms with E-state index in [4.69, 9.17) is 4.98 Å². The number of hydrogen-bond donors (Lipinski definition) is 1. The van der Waals surface area contributed by atoms with Crippen molar-refractivity contribution in [2.24, 2.45) is 0 Å². The molecule has 0 aliphatic heterocycles. The molecule has 1 aromatic heterocycles. The second-order valence-corrected chi connectivity index (χ2v) is 6.04. The molecular weight excluding hydrogens is 248 g/mol. The highest BCUT2D eigenvalue weighted by Gasteiger charge is 2.20. The Morgan fingerprint density at radius 1 is 1.35 bits per heavy atom. The van der Waals surface area contributed by atoms with Crippen molar-refractivity contribution in [2.45, 2.75) is 45.3 Å². The van der Waals surface area contributed by atoms with E-state index in [-0.39, 0.29) is 0 Å². The summed E-state index contributed by atoms with van der Waals surface area (Å²) in [5.41, 5.74) is 1.14. The van der Waals surface area contributed by atoms with Crippen molar-refractivity contribution in [2.75, 3.05) is 32.1 Å². The van der Waals surface area contributed by atoms with Gasteiger partial charge in [-0.15, -0.1) is 0 Å². The molecule has 1 atom stereocenters. The van der Waals surface area contributed by atoms with Crippen LogP contribution in [0.25, 0.3) is 0 Å². The molecule has 20 heavy (non-hydrogen) atoms. The lowest BCUT2D eigenvalue weighted by molar-refractivity contribution is 0.372. The van der Waals surface area contributed by atoms with Crippen LogP contribution in [0, 0.1) is 0 Å². The molecule has 2 rings (SSSR count). The Labute approximate surface area is 123 Å². The van der Waals surface area contributed by atoms with Crippen LogP contribution in [0.4, 0.5) is 5.82 Å². The van der Waals surface area contributed by atoms with E-state index in [0.29, 0.717) is 6.04 Å². The molecule has 1 aliphatic rings. The largest absolute Gasteiger partial charge is 0.353 e. The van der Waals surface area contributed by atoms with Gasteiger partial charge in [-0.2, -0.15) is 0 Å². The summed E-state index contributed by atoms with van der Waals surface area (Å²) in [6, 6.07) is 7.56. The van der Waals surface area contributed by atoms with E-state index in [1.54, 1.807) is 0 Å². The molecule has 1 N–H and O–H groups in total. The van der Waals surface area contributed by atoms with E-state index in [1.165, 1.54) is 12.8 Å². The zero-order chi connectivity index (χ0) is 14.5. The summed E-state index contributed by atoms with van der Waals surface area (Å²) in [6.45, 7) is 7.38. The number of nitrogens with one attached hydrogen (secondary N) is 1. The Morgan fingerprint density at radius 2 is 2.10 bits per heavy atom. The summed E-state index contributed by atoms with van der Waals surface area (Å²) >= 11 is 0. The minimum absolute atomic E-state index is 0.467. The predicted octanol–water partition coefficient (Wildman–Crippen LogP) is 2.11. The van der Waals surface area contributed by atoms with Crippen LogP contribution in [0.2, 0.25) is 0 Å². The fraction of sp³-hybridized carbons (Fsp3) is 0.688. The van der Waals surface area contributed by atoms with Gasteiger partial charge in [0.2, 0.25) is 0 Å². The number of likely N-dealkylation sites (N-methyl/N-ethyl adjacent to an activating group) is 2. The highest BCUT2D eigenvalue weighted by atomic mass is 15.2. The maximum Gasteiger partial charge on any atom is 0.129 e. The molecule has 4 nitrogen and oxygen atoms in total. The van der Waals surface area contributed by atoms with E-state index in [1.807, 2.05) is 0 Å². The van der Waals surface area contributed by atoms with Crippen molar-refractivity contribution in [3.63, 3.8) is 0 Å². The third kappa shape index (κ3) is 4.46. The quantitative estimate of drug-likeness (QED) is 0.788. The number of hydrogen-bond acceptors (Lipinski definition) is 4. The van der Waals surface area contributed by atoms with Crippen LogP contribution < -0.4 is 10.2 Å². The second kappa shape index (κ2) is 7.04. The van der Waals surface area contributed by atoms with Crippen LogP contribution in [-0.4, -0.2) is 49.2 Å². The van der Waals surface area contributed by atoms with E-state index in [0.717, 1.165) is 37.2 Å². The first kappa shape index (κ1) is 15.3. The first-order chi connectivity index (χ1) is 9.60. The molecule has 112 valence electrons. The highest BCUT2D eigenvalue weighted by molar-refractivity contribution is 5.40. The summed E-state index contributed by atoms with van der Waals surface area (Å²) in [7, 11) is 4.24. The third-order valence-electron chi connectivity index (χ3n) is 3.74. The number of nitrogens with zero attached hydrogens (tertiary/aromatic N) is 3. The number of anilines is 1. The zero-order valence-corrected chi connectivity index (χ0v) is 13.3. The third-order valence-corrected chi connectivity index (χ3v) is 3.74. The van der Waals surface area contributed by atoms with Gasteiger partial charge in [0.15, 0.2) is 0 Å². The number of pyridine rings is 1. The van der Waals surface area contributed by atoms with Crippen molar-refractivity contribution in [1.82, 2.24) is 15.2 Å². The van der Waals surface area contributed by atoms with E-state index >= 15 is 0 Å². The molecule has 0 aromatic carbocycles. The molecule has 0 radical (unpaired) electrons. The number of aromatic nitrogens is 1. The molecule has 1 heterocycles. The molecule has 1 fully saturated rings. The molecule has 1 aliphatic carbocycles. The van der Waals surface area contributed by atoms with E-state index in [2.05, 4.69) is 61.3 Å². The van der Waals surface area contributed by atoms with Gasteiger partial charge in [-0.3, -0.25) is 0 Å². The first-order valence-corrected chi connectivity index (χ1v) is 7.70. The van der Waals surface area contributed by atoms with Crippen LogP contribution in [-0.2, 0) is 6.54 Å². The minimum Gasteiger partial charge on any atom is -0.353 e. The summed E-state index contributed by atoms with van der Waals surface area (Å²) in [6.07, 6.45) is 2.64. The summed E-state index contributed by atoms with van der Waals surface area (Å²) in [5.74, 6) is 1.09. The monoisotopic (exact) mass is 276 g/mol. The van der Waals surface area contributed by atoms with Gasteiger partial charge < -0.3 is 15.1 Å². The Kier molecular flexibility index (Phi) is 5.38. The van der Waals surface area contributed by atoms with Gasteiger partial charge in [-0.1, -0.05) is 6.07 Å². The first-order valence-electron chi connectivity index (χ1n) is 7.70. The normalized spacial score (nSPS) is 16.4. The highest BCUT2D eigenvalue weighted by Crippen LogP contribution is 2.20. The predicted molar refractivity (Wildman–Crippen MR) is 85.1 cm³/mol. The number of rotatable bonds is 8. The average molecular weight is 276 g/mol. The Morgan fingerprint density at radius 3 is 2.70 bits per heavy atom. The maximum atomic E-state index is 4.82. The van der Waals surface area contributed by atoms with Gasteiger partial charge in [0.25, 0.3) is 0 Å². The van der Waals surface area contributed by atoms with Crippen LogP contribution >= 0.6 is 0 Å². The molecule has 0 bridgehead atoms. The van der Waals surface area contributed by atoms with Crippen molar-refractivity contribution >= 4 is 5.82 Å².